The summed E-state index contributed by atoms with van der Waals surface area (Å²) < 4.78 is 5.02. The number of hydrogen-bond acceptors (Lipinski definition) is 6. The Bertz CT molecular complexity index is 807. The van der Waals surface area contributed by atoms with Crippen LogP contribution in [0.3, 0.4) is 0 Å². The molecule has 2 N–H and O–H groups in total. The van der Waals surface area contributed by atoms with E-state index in [1.165, 1.54) is 11.8 Å². The molecule has 3 rings (SSSR count). The molecule has 2 aromatic rings. The lowest BCUT2D eigenvalue weighted by Crippen LogP contribution is -2.33. The maximum absolute atomic E-state index is 12.1. The van der Waals surface area contributed by atoms with E-state index >= 15 is 0 Å². The molecule has 0 bridgehead atoms. The second-order valence-electron chi connectivity index (χ2n) is 5.76. The van der Waals surface area contributed by atoms with Crippen LogP contribution in [0.4, 0.5) is 5.69 Å². The van der Waals surface area contributed by atoms with E-state index in [9.17, 15) is 14.4 Å². The lowest BCUT2D eigenvalue weighted by molar-refractivity contribution is -0.149. The molecule has 1 aromatic heterocycles. The Morgan fingerprint density at radius 2 is 2.08 bits per heavy atom. The van der Waals surface area contributed by atoms with Crippen molar-refractivity contribution in [1.82, 2.24) is 5.32 Å². The molecule has 0 radical (unpaired) electrons. The van der Waals surface area contributed by atoms with Gasteiger partial charge in [0.05, 0.1) is 23.4 Å². The Labute approximate surface area is 159 Å². The molecule has 2 amide bonds. The topological polar surface area (TPSA) is 84.5 Å². The summed E-state index contributed by atoms with van der Waals surface area (Å²) in [6.45, 7) is 1.51. The standard InChI is InChI=1S/C18H18N2O4S2/c1-11(13-7-4-8-25-13)19-16(21)10-24-17(22)9-15-18(23)20-12-5-2-3-6-14(12)26-15/h2-8,11,15H,9-10H2,1H3,(H,19,21)(H,20,23)/t11-,15-/m0/s1. The van der Waals surface area contributed by atoms with E-state index in [-0.39, 0.29) is 30.9 Å². The fourth-order valence-corrected chi connectivity index (χ4v) is 4.30. The fourth-order valence-electron chi connectivity index (χ4n) is 2.48. The number of para-hydroxylation sites is 1. The van der Waals surface area contributed by atoms with E-state index in [1.807, 2.05) is 48.7 Å². The first-order valence-electron chi connectivity index (χ1n) is 8.08. The Kier molecular flexibility index (Phi) is 5.95. The highest BCUT2D eigenvalue weighted by Gasteiger charge is 2.29. The number of carbonyl (C=O) groups is 3. The van der Waals surface area contributed by atoms with Crippen LogP contribution in [0.5, 0.6) is 0 Å². The van der Waals surface area contributed by atoms with Crippen LogP contribution >= 0.6 is 23.1 Å². The molecule has 26 heavy (non-hydrogen) atoms. The first-order valence-corrected chi connectivity index (χ1v) is 9.84. The summed E-state index contributed by atoms with van der Waals surface area (Å²) in [6, 6.07) is 11.1. The van der Waals surface area contributed by atoms with Gasteiger partial charge < -0.3 is 15.4 Å². The Hall–Kier alpha value is -2.32. The summed E-state index contributed by atoms with van der Waals surface area (Å²) in [7, 11) is 0. The van der Waals surface area contributed by atoms with Crippen LogP contribution in [-0.2, 0) is 19.1 Å². The average molecular weight is 390 g/mol. The van der Waals surface area contributed by atoms with Crippen molar-refractivity contribution >= 4 is 46.6 Å². The van der Waals surface area contributed by atoms with Crippen molar-refractivity contribution in [2.75, 3.05) is 11.9 Å². The minimum atomic E-state index is -0.573. The second-order valence-corrected chi connectivity index (χ2v) is 7.99. The van der Waals surface area contributed by atoms with Crippen molar-refractivity contribution in [3.05, 3.63) is 46.7 Å². The third-order valence-electron chi connectivity index (χ3n) is 3.77. The van der Waals surface area contributed by atoms with Crippen molar-refractivity contribution in [3.63, 3.8) is 0 Å². The third-order valence-corrected chi connectivity index (χ3v) is 6.10. The average Bonchev–Trinajstić information content (AvgIpc) is 3.15. The number of carbonyl (C=O) groups excluding carboxylic acids is 3. The molecule has 6 nitrogen and oxygen atoms in total. The molecule has 8 heteroatoms. The van der Waals surface area contributed by atoms with Gasteiger partial charge in [-0.2, -0.15) is 0 Å². The van der Waals surface area contributed by atoms with E-state index in [1.54, 1.807) is 11.3 Å². The van der Waals surface area contributed by atoms with Crippen molar-refractivity contribution < 1.29 is 19.1 Å². The second kappa shape index (κ2) is 8.37. The predicted molar refractivity (Wildman–Crippen MR) is 101 cm³/mol. The van der Waals surface area contributed by atoms with Gasteiger partial charge in [-0.15, -0.1) is 23.1 Å². The van der Waals surface area contributed by atoms with Gasteiger partial charge in [-0.05, 0) is 30.5 Å². The van der Waals surface area contributed by atoms with Gasteiger partial charge in [0.15, 0.2) is 6.61 Å². The molecule has 0 fully saturated rings. The Morgan fingerprint density at radius 3 is 2.85 bits per heavy atom. The van der Waals surface area contributed by atoms with E-state index in [0.717, 1.165) is 15.5 Å². The van der Waals surface area contributed by atoms with Crippen LogP contribution in [0.25, 0.3) is 0 Å². The fraction of sp³-hybridized carbons (Fsp3) is 0.278. The predicted octanol–water partition coefficient (Wildman–Crippen LogP) is 2.97. The molecule has 0 aliphatic carbocycles. The normalized spacial score (nSPS) is 17.0. The summed E-state index contributed by atoms with van der Waals surface area (Å²) in [4.78, 5) is 37.9. The van der Waals surface area contributed by atoms with Crippen molar-refractivity contribution in [1.29, 1.82) is 0 Å². The van der Waals surface area contributed by atoms with E-state index in [2.05, 4.69) is 10.6 Å². The van der Waals surface area contributed by atoms with Gasteiger partial charge in [0.2, 0.25) is 5.91 Å². The summed E-state index contributed by atoms with van der Waals surface area (Å²) in [5, 5.41) is 6.92. The quantitative estimate of drug-likeness (QED) is 0.741. The van der Waals surface area contributed by atoms with Crippen molar-refractivity contribution in [3.8, 4) is 0 Å². The molecule has 2 heterocycles. The number of fused-ring (bicyclic) bond motifs is 1. The van der Waals surface area contributed by atoms with Gasteiger partial charge in [-0.1, -0.05) is 18.2 Å². The highest BCUT2D eigenvalue weighted by atomic mass is 32.2. The van der Waals surface area contributed by atoms with Crippen LogP contribution in [0.15, 0.2) is 46.7 Å². The van der Waals surface area contributed by atoms with Crippen molar-refractivity contribution in [2.24, 2.45) is 0 Å². The molecule has 1 aliphatic rings. The maximum atomic E-state index is 12.1. The molecule has 1 aliphatic heterocycles. The summed E-state index contributed by atoms with van der Waals surface area (Å²) in [6.07, 6.45) is -0.0847. The molecule has 1 aromatic carbocycles. The highest BCUT2D eigenvalue weighted by Crippen LogP contribution is 2.36. The lowest BCUT2D eigenvalue weighted by Gasteiger charge is -2.23. The lowest BCUT2D eigenvalue weighted by atomic mass is 10.2. The van der Waals surface area contributed by atoms with Gasteiger partial charge in [-0.3, -0.25) is 14.4 Å². The Balaban J connectivity index is 1.45. The maximum Gasteiger partial charge on any atom is 0.307 e. The molecule has 0 saturated heterocycles. The molecule has 0 unspecified atom stereocenters. The monoisotopic (exact) mass is 390 g/mol. The SMILES string of the molecule is C[C@H](NC(=O)COC(=O)C[C@@H]1Sc2ccccc2NC1=O)c1cccs1. The minimum Gasteiger partial charge on any atom is -0.456 e. The number of anilines is 1. The first kappa shape index (κ1) is 18.5. The van der Waals surface area contributed by atoms with Crippen LogP contribution in [-0.4, -0.2) is 29.6 Å². The zero-order chi connectivity index (χ0) is 18.5. The van der Waals surface area contributed by atoms with E-state index < -0.39 is 11.2 Å². The van der Waals surface area contributed by atoms with Gasteiger partial charge in [-0.25, -0.2) is 0 Å². The number of esters is 1. The number of hydrogen-bond donors (Lipinski definition) is 2. The molecule has 0 spiro atoms. The molecule has 2 atom stereocenters. The first-order chi connectivity index (χ1) is 12.5. The van der Waals surface area contributed by atoms with Gasteiger partial charge in [0.1, 0.15) is 0 Å². The highest BCUT2D eigenvalue weighted by molar-refractivity contribution is 8.01. The number of thioether (sulfide) groups is 1. The Morgan fingerprint density at radius 1 is 1.27 bits per heavy atom. The van der Waals surface area contributed by atoms with Gasteiger partial charge in [0, 0.05) is 9.77 Å². The number of amides is 2. The van der Waals surface area contributed by atoms with Gasteiger partial charge in [0.25, 0.3) is 5.91 Å². The number of benzene rings is 1. The van der Waals surface area contributed by atoms with Crippen molar-refractivity contribution in [2.45, 2.75) is 29.5 Å². The van der Waals surface area contributed by atoms with Crippen LogP contribution in [0.1, 0.15) is 24.3 Å². The number of rotatable bonds is 6. The number of nitrogens with one attached hydrogen (secondary N) is 2. The third kappa shape index (κ3) is 4.64. The molecule has 136 valence electrons. The summed E-state index contributed by atoms with van der Waals surface area (Å²) >= 11 is 2.87. The number of thiophene rings is 1. The van der Waals surface area contributed by atoms with Crippen LogP contribution in [0.2, 0.25) is 0 Å². The van der Waals surface area contributed by atoms with E-state index in [0.29, 0.717) is 0 Å². The summed E-state index contributed by atoms with van der Waals surface area (Å²) in [5.74, 6) is -1.18. The van der Waals surface area contributed by atoms with Gasteiger partial charge >= 0.3 is 5.97 Å². The van der Waals surface area contributed by atoms with E-state index in [4.69, 9.17) is 4.74 Å². The van der Waals surface area contributed by atoms with Crippen LogP contribution < -0.4 is 10.6 Å². The van der Waals surface area contributed by atoms with Crippen LogP contribution in [0, 0.1) is 0 Å². The number of ether oxygens (including phenoxy) is 1. The zero-order valence-electron chi connectivity index (χ0n) is 14.1. The smallest absolute Gasteiger partial charge is 0.307 e. The zero-order valence-corrected chi connectivity index (χ0v) is 15.7. The molecular weight excluding hydrogens is 372 g/mol. The molecular formula is C18H18N2O4S2. The largest absolute Gasteiger partial charge is 0.456 e. The minimum absolute atomic E-state index is 0.0847. The summed E-state index contributed by atoms with van der Waals surface area (Å²) in [5.41, 5.74) is 0.744. The molecule has 0 saturated carbocycles.